The number of nitrogens with zero attached hydrogens (tertiary/aromatic N) is 5. The van der Waals surface area contributed by atoms with Gasteiger partial charge in [-0.1, -0.05) is 25.1 Å². The van der Waals surface area contributed by atoms with E-state index in [1.165, 1.54) is 5.56 Å². The van der Waals surface area contributed by atoms with Crippen molar-refractivity contribution in [3.05, 3.63) is 41.5 Å². The fourth-order valence-corrected chi connectivity index (χ4v) is 4.29. The molecule has 174 valence electrons. The predicted octanol–water partition coefficient (Wildman–Crippen LogP) is 2.70. The smallest absolute Gasteiger partial charge is 0.227 e. The third kappa shape index (κ3) is 5.79. The van der Waals surface area contributed by atoms with Crippen molar-refractivity contribution < 1.29 is 4.79 Å². The lowest BCUT2D eigenvalue weighted by atomic mass is 10.1. The first kappa shape index (κ1) is 24.5. The largest absolute Gasteiger partial charge is 0.357 e. The van der Waals surface area contributed by atoms with Gasteiger partial charge in [0.25, 0.3) is 0 Å². The van der Waals surface area contributed by atoms with Crippen LogP contribution in [0.5, 0.6) is 0 Å². The Morgan fingerprint density at radius 2 is 2.09 bits per heavy atom. The molecule has 0 fully saturated rings. The van der Waals surface area contributed by atoms with Gasteiger partial charge in [-0.05, 0) is 37.8 Å². The number of halogens is 1. The highest BCUT2D eigenvalue weighted by molar-refractivity contribution is 14.0. The van der Waals surface area contributed by atoms with Crippen LogP contribution < -0.4 is 15.5 Å². The number of para-hydroxylation sites is 1. The van der Waals surface area contributed by atoms with Crippen molar-refractivity contribution in [1.29, 1.82) is 0 Å². The third-order valence-electron chi connectivity index (χ3n) is 5.91. The summed E-state index contributed by atoms with van der Waals surface area (Å²) in [6.07, 6.45) is 5.01. The molecule has 32 heavy (non-hydrogen) atoms. The van der Waals surface area contributed by atoms with E-state index in [0.29, 0.717) is 13.0 Å². The van der Waals surface area contributed by atoms with Crippen LogP contribution in [-0.2, 0) is 30.6 Å². The van der Waals surface area contributed by atoms with Gasteiger partial charge in [0, 0.05) is 50.6 Å². The second-order valence-electron chi connectivity index (χ2n) is 8.15. The van der Waals surface area contributed by atoms with Crippen molar-refractivity contribution in [2.24, 2.45) is 4.99 Å². The molecule has 9 heteroatoms. The molecule has 1 atom stereocenters. The fraction of sp³-hybridized carbons (Fsp3) is 0.565. The van der Waals surface area contributed by atoms with Crippen LogP contribution in [0, 0.1) is 0 Å². The Morgan fingerprint density at radius 3 is 2.91 bits per heavy atom. The number of fused-ring (bicyclic) bond motifs is 2. The van der Waals surface area contributed by atoms with E-state index in [1.807, 2.05) is 27.8 Å². The molecule has 3 heterocycles. The number of hydrogen-bond donors (Lipinski definition) is 2. The fourth-order valence-electron chi connectivity index (χ4n) is 4.29. The molecule has 1 aromatic heterocycles. The van der Waals surface area contributed by atoms with Crippen molar-refractivity contribution in [3.63, 3.8) is 0 Å². The molecule has 2 N–H and O–H groups in total. The van der Waals surface area contributed by atoms with Gasteiger partial charge in [0.05, 0.1) is 6.54 Å². The van der Waals surface area contributed by atoms with E-state index in [2.05, 4.69) is 40.6 Å². The van der Waals surface area contributed by atoms with E-state index in [-0.39, 0.29) is 35.9 Å². The molecule has 1 unspecified atom stereocenters. The van der Waals surface area contributed by atoms with Gasteiger partial charge in [-0.2, -0.15) is 5.10 Å². The van der Waals surface area contributed by atoms with Crippen molar-refractivity contribution in [1.82, 2.24) is 25.4 Å². The zero-order valence-corrected chi connectivity index (χ0v) is 21.3. The number of rotatable bonds is 7. The van der Waals surface area contributed by atoms with E-state index in [9.17, 15) is 4.79 Å². The third-order valence-corrected chi connectivity index (χ3v) is 5.91. The number of hydrogen-bond acceptors (Lipinski definition) is 4. The van der Waals surface area contributed by atoms with Gasteiger partial charge in [0.1, 0.15) is 5.82 Å². The summed E-state index contributed by atoms with van der Waals surface area (Å²) in [5.74, 6) is 3.00. The summed E-state index contributed by atoms with van der Waals surface area (Å²) >= 11 is 0. The van der Waals surface area contributed by atoms with Gasteiger partial charge in [-0.25, -0.2) is 9.67 Å². The number of aliphatic imine (C=N–C) groups is 1. The minimum atomic E-state index is 0. The van der Waals surface area contributed by atoms with E-state index < -0.39 is 0 Å². The average molecular weight is 551 g/mol. The molecular formula is C23H34IN7O. The predicted molar refractivity (Wildman–Crippen MR) is 138 cm³/mol. The number of aromatic nitrogens is 3. The molecule has 0 aliphatic carbocycles. The lowest BCUT2D eigenvalue weighted by molar-refractivity contribution is -0.118. The standard InChI is InChI=1S/C23H33N7O.HI/c1-3-20-27-21-12-11-18(16-30(21)28-20)26-23(24-4-2)25-14-7-10-22(31)29-15-13-17-8-5-6-9-19(17)29;/h5-6,8-9,18H,3-4,7,10-16H2,1-2H3,(H2,24,25,26);1H. The normalized spacial score (nSPS) is 17.4. The second kappa shape index (κ2) is 11.6. The molecule has 0 saturated heterocycles. The lowest BCUT2D eigenvalue weighted by Gasteiger charge is -2.25. The van der Waals surface area contributed by atoms with E-state index in [0.717, 1.165) is 75.0 Å². The summed E-state index contributed by atoms with van der Waals surface area (Å²) in [5, 5.41) is 11.4. The van der Waals surface area contributed by atoms with Crippen molar-refractivity contribution in [2.75, 3.05) is 24.5 Å². The Labute approximate surface area is 207 Å². The molecule has 2 aromatic rings. The Bertz CT molecular complexity index is 942. The number of carbonyl (C=O) groups is 1. The molecule has 8 nitrogen and oxygen atoms in total. The monoisotopic (exact) mass is 551 g/mol. The highest BCUT2D eigenvalue weighted by Gasteiger charge is 2.24. The average Bonchev–Trinajstić information content (AvgIpc) is 3.40. The SMILES string of the molecule is CCNC(=NCCCC(=O)N1CCc2ccccc21)NC1CCc2nc(CC)nn2C1.I. The van der Waals surface area contributed by atoms with Gasteiger partial charge in [-0.15, -0.1) is 24.0 Å². The first-order valence-electron chi connectivity index (χ1n) is 11.5. The Kier molecular flexibility index (Phi) is 8.89. The maximum absolute atomic E-state index is 12.7. The summed E-state index contributed by atoms with van der Waals surface area (Å²) in [6.45, 7) is 7.17. The molecule has 4 rings (SSSR count). The zero-order valence-electron chi connectivity index (χ0n) is 19.0. The summed E-state index contributed by atoms with van der Waals surface area (Å²) in [7, 11) is 0. The summed E-state index contributed by atoms with van der Waals surface area (Å²) in [5.41, 5.74) is 2.34. The Balaban J connectivity index is 0.00000289. The van der Waals surface area contributed by atoms with Gasteiger partial charge in [0.2, 0.25) is 5.91 Å². The molecular weight excluding hydrogens is 517 g/mol. The number of benzene rings is 1. The maximum Gasteiger partial charge on any atom is 0.227 e. The molecule has 0 bridgehead atoms. The van der Waals surface area contributed by atoms with E-state index in [4.69, 9.17) is 4.99 Å². The van der Waals surface area contributed by atoms with Crippen LogP contribution in [0.15, 0.2) is 29.3 Å². The minimum Gasteiger partial charge on any atom is -0.357 e. The molecule has 0 radical (unpaired) electrons. The second-order valence-corrected chi connectivity index (χ2v) is 8.15. The van der Waals surface area contributed by atoms with Crippen molar-refractivity contribution >= 4 is 41.5 Å². The number of anilines is 1. The van der Waals surface area contributed by atoms with Gasteiger partial charge >= 0.3 is 0 Å². The van der Waals surface area contributed by atoms with Crippen LogP contribution in [0.3, 0.4) is 0 Å². The maximum atomic E-state index is 12.7. The van der Waals surface area contributed by atoms with Gasteiger partial charge < -0.3 is 15.5 Å². The van der Waals surface area contributed by atoms with Gasteiger partial charge in [-0.3, -0.25) is 9.79 Å². The minimum absolute atomic E-state index is 0. The first-order chi connectivity index (χ1) is 15.2. The van der Waals surface area contributed by atoms with Crippen LogP contribution in [-0.4, -0.2) is 52.3 Å². The quantitative estimate of drug-likeness (QED) is 0.239. The summed E-state index contributed by atoms with van der Waals surface area (Å²) < 4.78 is 2.02. The Hall–Kier alpha value is -2.17. The summed E-state index contributed by atoms with van der Waals surface area (Å²) in [6, 6.07) is 8.46. The highest BCUT2D eigenvalue weighted by Crippen LogP contribution is 2.28. The molecule has 1 amide bonds. The van der Waals surface area contributed by atoms with E-state index in [1.54, 1.807) is 0 Å². The molecule has 0 spiro atoms. The van der Waals surface area contributed by atoms with Crippen LogP contribution in [0.2, 0.25) is 0 Å². The number of aryl methyl sites for hydroxylation is 2. The van der Waals surface area contributed by atoms with Crippen LogP contribution in [0.1, 0.15) is 50.3 Å². The van der Waals surface area contributed by atoms with E-state index >= 15 is 0 Å². The van der Waals surface area contributed by atoms with Crippen LogP contribution in [0.25, 0.3) is 0 Å². The van der Waals surface area contributed by atoms with Crippen LogP contribution >= 0.6 is 24.0 Å². The van der Waals surface area contributed by atoms with Gasteiger partial charge in [0.15, 0.2) is 11.8 Å². The number of carbonyl (C=O) groups excluding carboxylic acids is 1. The van der Waals surface area contributed by atoms with Crippen molar-refractivity contribution in [3.8, 4) is 0 Å². The highest BCUT2D eigenvalue weighted by atomic mass is 127. The first-order valence-corrected chi connectivity index (χ1v) is 11.5. The number of nitrogens with one attached hydrogen (secondary N) is 2. The van der Waals surface area contributed by atoms with Crippen molar-refractivity contribution in [2.45, 2.75) is 65.0 Å². The number of guanidine groups is 1. The molecule has 1 aromatic carbocycles. The van der Waals surface area contributed by atoms with Crippen LogP contribution in [0.4, 0.5) is 5.69 Å². The molecule has 0 saturated carbocycles. The lowest BCUT2D eigenvalue weighted by Crippen LogP contribution is -2.47. The molecule has 2 aliphatic rings. The Morgan fingerprint density at radius 1 is 1.25 bits per heavy atom. The molecule has 2 aliphatic heterocycles. The number of amides is 1. The summed E-state index contributed by atoms with van der Waals surface area (Å²) in [4.78, 5) is 23.9. The topological polar surface area (TPSA) is 87.4 Å². The zero-order chi connectivity index (χ0) is 21.6.